The molecule has 3 nitrogen and oxygen atoms in total. The van der Waals surface area contributed by atoms with Gasteiger partial charge in [-0.1, -0.05) is 0 Å². The number of rotatable bonds is 3. The molecular weight excluding hydrogens is 178 g/mol. The quantitative estimate of drug-likeness (QED) is 0.713. The first-order valence-electron chi connectivity index (χ1n) is 3.79. The van der Waals surface area contributed by atoms with E-state index in [1.54, 1.807) is 0 Å². The van der Waals surface area contributed by atoms with Gasteiger partial charge in [0.2, 0.25) is 0 Å². The lowest BCUT2D eigenvalue weighted by Crippen LogP contribution is -2.27. The highest BCUT2D eigenvalue weighted by molar-refractivity contribution is 5.16. The molecule has 1 rings (SSSR count). The summed E-state index contributed by atoms with van der Waals surface area (Å²) in [5.41, 5.74) is 5.21. The molecular formula is C8H10F2N2O. The Kier molecular flexibility index (Phi) is 3.27. The molecule has 0 aliphatic rings. The summed E-state index contributed by atoms with van der Waals surface area (Å²) in [6, 6.07) is -0.647. The van der Waals surface area contributed by atoms with E-state index < -0.39 is 17.7 Å². The van der Waals surface area contributed by atoms with Crippen LogP contribution in [0.4, 0.5) is 8.78 Å². The van der Waals surface area contributed by atoms with Crippen LogP contribution in [0.1, 0.15) is 5.56 Å². The van der Waals surface area contributed by atoms with Crippen molar-refractivity contribution in [3.05, 3.63) is 29.6 Å². The van der Waals surface area contributed by atoms with Crippen molar-refractivity contribution in [1.29, 1.82) is 0 Å². The second-order valence-electron chi connectivity index (χ2n) is 2.73. The summed E-state index contributed by atoms with van der Waals surface area (Å²) in [4.78, 5) is 3.32. The van der Waals surface area contributed by atoms with Crippen molar-refractivity contribution >= 4 is 0 Å². The Labute approximate surface area is 74.2 Å². The van der Waals surface area contributed by atoms with Crippen molar-refractivity contribution in [3.63, 3.8) is 0 Å². The molecule has 1 aromatic heterocycles. The molecule has 0 spiro atoms. The van der Waals surface area contributed by atoms with Crippen LogP contribution < -0.4 is 5.73 Å². The Morgan fingerprint density at radius 1 is 1.38 bits per heavy atom. The Balaban J connectivity index is 2.87. The zero-order valence-electron chi connectivity index (χ0n) is 6.87. The van der Waals surface area contributed by atoms with Crippen LogP contribution in [0.25, 0.3) is 0 Å². The van der Waals surface area contributed by atoms with Crippen LogP contribution in [0.3, 0.4) is 0 Å². The Bertz CT molecular complexity index is 273. The first-order chi connectivity index (χ1) is 6.15. The molecule has 1 atom stereocenters. The molecule has 13 heavy (non-hydrogen) atoms. The first-order valence-corrected chi connectivity index (χ1v) is 3.79. The molecule has 0 amide bonds. The number of halogens is 2. The molecule has 72 valence electrons. The minimum atomic E-state index is -0.733. The van der Waals surface area contributed by atoms with E-state index in [0.717, 1.165) is 12.4 Å². The van der Waals surface area contributed by atoms with Crippen LogP contribution in [-0.4, -0.2) is 22.7 Å². The van der Waals surface area contributed by atoms with Crippen LogP contribution in [0.2, 0.25) is 0 Å². The van der Waals surface area contributed by atoms with Crippen LogP contribution in [0.15, 0.2) is 12.4 Å². The van der Waals surface area contributed by atoms with E-state index in [2.05, 4.69) is 4.98 Å². The van der Waals surface area contributed by atoms with E-state index in [0.29, 0.717) is 0 Å². The van der Waals surface area contributed by atoms with Gasteiger partial charge in [-0.05, 0) is 6.42 Å². The monoisotopic (exact) mass is 188 g/mol. The highest BCUT2D eigenvalue weighted by Gasteiger charge is 2.12. The lowest BCUT2D eigenvalue weighted by Gasteiger charge is -2.08. The SMILES string of the molecule is NC(CO)Cc1c(F)cncc1F. The Hall–Kier alpha value is -1.07. The standard InChI is InChI=1S/C8H10F2N2O/c9-7-2-12-3-8(10)6(7)1-5(11)4-13/h2-3,5,13H,1,4,11H2. The number of hydrogen-bond donors (Lipinski definition) is 2. The maximum Gasteiger partial charge on any atom is 0.147 e. The molecule has 0 aromatic carbocycles. The Morgan fingerprint density at radius 2 is 1.92 bits per heavy atom. The molecule has 0 radical (unpaired) electrons. The summed E-state index contributed by atoms with van der Waals surface area (Å²) in [6.45, 7) is -0.304. The number of pyridine rings is 1. The van der Waals surface area contributed by atoms with E-state index in [1.807, 2.05) is 0 Å². The van der Waals surface area contributed by atoms with E-state index in [1.165, 1.54) is 0 Å². The molecule has 0 saturated heterocycles. The van der Waals surface area contributed by atoms with Gasteiger partial charge in [-0.2, -0.15) is 0 Å². The van der Waals surface area contributed by atoms with E-state index in [4.69, 9.17) is 10.8 Å². The zero-order valence-corrected chi connectivity index (χ0v) is 6.87. The first kappa shape index (κ1) is 10.0. The van der Waals surface area contributed by atoms with Crippen molar-refractivity contribution in [2.45, 2.75) is 12.5 Å². The van der Waals surface area contributed by atoms with Crippen molar-refractivity contribution in [2.75, 3.05) is 6.61 Å². The largest absolute Gasteiger partial charge is 0.395 e. The minimum Gasteiger partial charge on any atom is -0.395 e. The fraction of sp³-hybridized carbons (Fsp3) is 0.375. The fourth-order valence-electron chi connectivity index (χ4n) is 0.960. The maximum atomic E-state index is 12.9. The molecule has 1 unspecified atom stereocenters. The number of aliphatic hydroxyl groups is 1. The average Bonchev–Trinajstić information content (AvgIpc) is 2.11. The van der Waals surface area contributed by atoms with E-state index >= 15 is 0 Å². The predicted molar refractivity (Wildman–Crippen MR) is 42.9 cm³/mol. The smallest absolute Gasteiger partial charge is 0.147 e. The maximum absolute atomic E-state index is 12.9. The van der Waals surface area contributed by atoms with Gasteiger partial charge >= 0.3 is 0 Å². The van der Waals surface area contributed by atoms with Crippen molar-refractivity contribution in [1.82, 2.24) is 4.98 Å². The van der Waals surface area contributed by atoms with Gasteiger partial charge in [0.15, 0.2) is 0 Å². The van der Waals surface area contributed by atoms with Gasteiger partial charge in [0.25, 0.3) is 0 Å². The number of aromatic nitrogens is 1. The minimum absolute atomic E-state index is 0.0311. The Morgan fingerprint density at radius 3 is 2.38 bits per heavy atom. The third-order valence-corrected chi connectivity index (χ3v) is 1.65. The van der Waals surface area contributed by atoms with Gasteiger partial charge in [-0.25, -0.2) is 8.78 Å². The zero-order chi connectivity index (χ0) is 9.84. The fourth-order valence-corrected chi connectivity index (χ4v) is 0.960. The lowest BCUT2D eigenvalue weighted by molar-refractivity contribution is 0.263. The van der Waals surface area contributed by atoms with Crippen molar-refractivity contribution in [2.24, 2.45) is 5.73 Å². The summed E-state index contributed by atoms with van der Waals surface area (Å²) in [5, 5.41) is 8.59. The van der Waals surface area contributed by atoms with Gasteiger partial charge in [0.1, 0.15) is 11.6 Å². The van der Waals surface area contributed by atoms with Gasteiger partial charge in [-0.15, -0.1) is 0 Å². The molecule has 0 aliphatic heterocycles. The van der Waals surface area contributed by atoms with Crippen LogP contribution in [-0.2, 0) is 6.42 Å². The third kappa shape index (κ3) is 2.43. The third-order valence-electron chi connectivity index (χ3n) is 1.65. The predicted octanol–water partition coefficient (Wildman–Crippen LogP) is 0.222. The lowest BCUT2D eigenvalue weighted by atomic mass is 10.1. The van der Waals surface area contributed by atoms with Crippen LogP contribution >= 0.6 is 0 Å². The summed E-state index contributed by atoms with van der Waals surface area (Å²) in [6.07, 6.45) is 1.81. The molecule has 0 aliphatic carbocycles. The normalized spacial score (nSPS) is 12.9. The summed E-state index contributed by atoms with van der Waals surface area (Å²) >= 11 is 0. The molecule has 1 heterocycles. The average molecular weight is 188 g/mol. The van der Waals surface area contributed by atoms with Gasteiger partial charge in [0, 0.05) is 11.6 Å². The second-order valence-corrected chi connectivity index (χ2v) is 2.73. The second kappa shape index (κ2) is 4.25. The number of aliphatic hydroxyl groups excluding tert-OH is 1. The molecule has 1 aromatic rings. The van der Waals surface area contributed by atoms with Gasteiger partial charge < -0.3 is 10.8 Å². The molecule has 3 N–H and O–H groups in total. The molecule has 0 fully saturated rings. The van der Waals surface area contributed by atoms with Crippen molar-refractivity contribution < 1.29 is 13.9 Å². The highest BCUT2D eigenvalue weighted by atomic mass is 19.1. The molecule has 0 bridgehead atoms. The molecule has 5 heteroatoms. The van der Waals surface area contributed by atoms with Gasteiger partial charge in [0.05, 0.1) is 19.0 Å². The van der Waals surface area contributed by atoms with Crippen LogP contribution in [0.5, 0.6) is 0 Å². The summed E-state index contributed by atoms with van der Waals surface area (Å²) < 4.78 is 25.8. The van der Waals surface area contributed by atoms with Gasteiger partial charge in [-0.3, -0.25) is 4.98 Å². The molecule has 0 saturated carbocycles. The number of hydrogen-bond acceptors (Lipinski definition) is 3. The number of nitrogens with zero attached hydrogens (tertiary/aromatic N) is 1. The topological polar surface area (TPSA) is 59.1 Å². The van der Waals surface area contributed by atoms with Crippen molar-refractivity contribution in [3.8, 4) is 0 Å². The summed E-state index contributed by atoms with van der Waals surface area (Å²) in [7, 11) is 0. The van der Waals surface area contributed by atoms with Crippen LogP contribution in [0, 0.1) is 11.6 Å². The summed E-state index contributed by atoms with van der Waals surface area (Å²) in [5.74, 6) is -1.47. The number of nitrogens with two attached hydrogens (primary N) is 1. The van der Waals surface area contributed by atoms with E-state index in [9.17, 15) is 8.78 Å². The highest BCUT2D eigenvalue weighted by Crippen LogP contribution is 2.11. The van der Waals surface area contributed by atoms with E-state index in [-0.39, 0.29) is 18.6 Å².